The molecule has 0 spiro atoms. The Balaban J connectivity index is 1.88. The molecule has 2 heteroatoms. The minimum absolute atomic E-state index is 0.399. The summed E-state index contributed by atoms with van der Waals surface area (Å²) in [6.07, 6.45) is 2.27. The highest BCUT2D eigenvalue weighted by Crippen LogP contribution is 2.37. The molecule has 1 aliphatic heterocycles. The quantitative estimate of drug-likeness (QED) is 0.637. The summed E-state index contributed by atoms with van der Waals surface area (Å²) in [5.41, 5.74) is 0. The molecule has 2 unspecified atom stereocenters. The summed E-state index contributed by atoms with van der Waals surface area (Å²) < 4.78 is 0. The third-order valence-electron chi connectivity index (χ3n) is 3.58. The van der Waals surface area contributed by atoms with Crippen LogP contribution in [0.5, 0.6) is 0 Å². The fourth-order valence-corrected chi connectivity index (χ4v) is 2.26. The maximum absolute atomic E-state index is 11.7. The largest absolute Gasteiger partial charge is 0.339 e. The van der Waals surface area contributed by atoms with Crippen molar-refractivity contribution in [3.05, 3.63) is 0 Å². The average molecular weight is 181 g/mol. The SMILES string of the molecule is CC(C)C1CN(C(=O)C2CC2)C1C. The van der Waals surface area contributed by atoms with Crippen molar-refractivity contribution < 1.29 is 4.79 Å². The van der Waals surface area contributed by atoms with Crippen LogP contribution in [0.25, 0.3) is 0 Å². The van der Waals surface area contributed by atoms with Gasteiger partial charge in [0, 0.05) is 18.5 Å². The van der Waals surface area contributed by atoms with Crippen LogP contribution in [0.3, 0.4) is 0 Å². The van der Waals surface area contributed by atoms with E-state index in [4.69, 9.17) is 0 Å². The lowest BCUT2D eigenvalue weighted by Crippen LogP contribution is -2.59. The lowest BCUT2D eigenvalue weighted by molar-refractivity contribution is -0.146. The number of rotatable bonds is 2. The van der Waals surface area contributed by atoms with E-state index in [0.29, 0.717) is 17.9 Å². The minimum atomic E-state index is 0.399. The van der Waals surface area contributed by atoms with Crippen molar-refractivity contribution in [2.75, 3.05) is 6.54 Å². The van der Waals surface area contributed by atoms with Crippen LogP contribution < -0.4 is 0 Å². The average Bonchev–Trinajstić information content (AvgIpc) is 2.82. The Labute approximate surface area is 80.3 Å². The first-order chi connectivity index (χ1) is 6.11. The summed E-state index contributed by atoms with van der Waals surface area (Å²) in [4.78, 5) is 13.8. The van der Waals surface area contributed by atoms with E-state index in [-0.39, 0.29) is 0 Å². The van der Waals surface area contributed by atoms with Crippen LogP contribution in [0.1, 0.15) is 33.6 Å². The van der Waals surface area contributed by atoms with Gasteiger partial charge in [0.25, 0.3) is 0 Å². The Morgan fingerprint density at radius 2 is 2.00 bits per heavy atom. The molecule has 1 aliphatic carbocycles. The normalized spacial score (nSPS) is 33.4. The van der Waals surface area contributed by atoms with Gasteiger partial charge in [-0.25, -0.2) is 0 Å². The van der Waals surface area contributed by atoms with Gasteiger partial charge in [0.2, 0.25) is 5.91 Å². The standard InChI is InChI=1S/C11H19NO/c1-7(2)10-6-12(8(10)3)11(13)9-4-5-9/h7-10H,4-6H2,1-3H3. The summed E-state index contributed by atoms with van der Waals surface area (Å²) in [6.45, 7) is 7.70. The van der Waals surface area contributed by atoms with Gasteiger partial charge in [0.1, 0.15) is 0 Å². The van der Waals surface area contributed by atoms with E-state index in [1.807, 2.05) is 0 Å². The molecule has 13 heavy (non-hydrogen) atoms. The molecular weight excluding hydrogens is 162 g/mol. The molecular formula is C11H19NO. The van der Waals surface area contributed by atoms with Gasteiger partial charge in [-0.2, -0.15) is 0 Å². The number of nitrogens with zero attached hydrogens (tertiary/aromatic N) is 1. The minimum Gasteiger partial charge on any atom is -0.339 e. The smallest absolute Gasteiger partial charge is 0.225 e. The summed E-state index contributed by atoms with van der Waals surface area (Å²) in [7, 11) is 0. The van der Waals surface area contributed by atoms with Gasteiger partial charge in [0.15, 0.2) is 0 Å². The lowest BCUT2D eigenvalue weighted by atomic mass is 9.80. The van der Waals surface area contributed by atoms with E-state index in [9.17, 15) is 4.79 Å². The molecule has 1 saturated carbocycles. The Hall–Kier alpha value is -0.530. The van der Waals surface area contributed by atoms with E-state index in [0.717, 1.165) is 31.2 Å². The molecule has 2 rings (SSSR count). The fourth-order valence-electron chi connectivity index (χ4n) is 2.26. The second-order valence-electron chi connectivity index (χ2n) is 4.91. The second kappa shape index (κ2) is 3.00. The third-order valence-corrected chi connectivity index (χ3v) is 3.58. The van der Waals surface area contributed by atoms with E-state index in [1.165, 1.54) is 0 Å². The van der Waals surface area contributed by atoms with Gasteiger partial charge in [0.05, 0.1) is 0 Å². The zero-order valence-corrected chi connectivity index (χ0v) is 8.79. The van der Waals surface area contributed by atoms with Crippen molar-refractivity contribution in [2.24, 2.45) is 17.8 Å². The van der Waals surface area contributed by atoms with Crippen LogP contribution >= 0.6 is 0 Å². The zero-order valence-electron chi connectivity index (χ0n) is 8.79. The number of hydrogen-bond acceptors (Lipinski definition) is 1. The molecule has 0 aromatic carbocycles. The molecule has 0 radical (unpaired) electrons. The maximum Gasteiger partial charge on any atom is 0.225 e. The van der Waals surface area contributed by atoms with Gasteiger partial charge in [-0.3, -0.25) is 4.79 Å². The van der Waals surface area contributed by atoms with Crippen LogP contribution in [-0.2, 0) is 4.79 Å². The Kier molecular flexibility index (Phi) is 2.09. The van der Waals surface area contributed by atoms with Crippen molar-refractivity contribution in [2.45, 2.75) is 39.7 Å². The molecule has 1 amide bonds. The first kappa shape index (κ1) is 9.04. The molecule has 1 heterocycles. The maximum atomic E-state index is 11.7. The monoisotopic (exact) mass is 181 g/mol. The molecule has 2 nitrogen and oxygen atoms in total. The second-order valence-corrected chi connectivity index (χ2v) is 4.91. The van der Waals surface area contributed by atoms with Gasteiger partial charge in [-0.15, -0.1) is 0 Å². The molecule has 1 saturated heterocycles. The predicted molar refractivity (Wildman–Crippen MR) is 52.2 cm³/mol. The van der Waals surface area contributed by atoms with Gasteiger partial charge < -0.3 is 4.90 Å². The molecule has 2 aliphatic rings. The van der Waals surface area contributed by atoms with Crippen molar-refractivity contribution in [1.29, 1.82) is 0 Å². The Bertz CT molecular complexity index is 220. The fraction of sp³-hybridized carbons (Fsp3) is 0.909. The third kappa shape index (κ3) is 1.47. The summed E-state index contributed by atoms with van der Waals surface area (Å²) in [5, 5.41) is 0. The van der Waals surface area contributed by atoms with Crippen LogP contribution in [0.2, 0.25) is 0 Å². The van der Waals surface area contributed by atoms with E-state index in [2.05, 4.69) is 25.7 Å². The van der Waals surface area contributed by atoms with E-state index < -0.39 is 0 Å². The highest BCUT2D eigenvalue weighted by atomic mass is 16.2. The predicted octanol–water partition coefficient (Wildman–Crippen LogP) is 1.90. The van der Waals surface area contributed by atoms with Gasteiger partial charge in [-0.05, 0) is 31.6 Å². The van der Waals surface area contributed by atoms with E-state index in [1.54, 1.807) is 0 Å². The van der Waals surface area contributed by atoms with Crippen LogP contribution in [-0.4, -0.2) is 23.4 Å². The van der Waals surface area contributed by atoms with Gasteiger partial charge >= 0.3 is 0 Å². The van der Waals surface area contributed by atoms with Crippen molar-refractivity contribution in [1.82, 2.24) is 4.90 Å². The van der Waals surface area contributed by atoms with Crippen molar-refractivity contribution in [3.8, 4) is 0 Å². The van der Waals surface area contributed by atoms with Crippen LogP contribution in [0.4, 0.5) is 0 Å². The number of carbonyl (C=O) groups is 1. The number of likely N-dealkylation sites (tertiary alicyclic amines) is 1. The summed E-state index contributed by atoms with van der Waals surface area (Å²) >= 11 is 0. The van der Waals surface area contributed by atoms with Crippen molar-refractivity contribution >= 4 is 5.91 Å². The lowest BCUT2D eigenvalue weighted by Gasteiger charge is -2.48. The Morgan fingerprint density at radius 1 is 1.38 bits per heavy atom. The molecule has 0 N–H and O–H groups in total. The summed E-state index contributed by atoms with van der Waals surface area (Å²) in [6, 6.07) is 0.494. The first-order valence-corrected chi connectivity index (χ1v) is 5.41. The van der Waals surface area contributed by atoms with Crippen LogP contribution in [0, 0.1) is 17.8 Å². The molecule has 2 atom stereocenters. The molecule has 74 valence electrons. The molecule has 0 aromatic heterocycles. The highest BCUT2D eigenvalue weighted by molar-refractivity contribution is 5.82. The number of hydrogen-bond donors (Lipinski definition) is 0. The molecule has 2 fully saturated rings. The molecule has 0 aromatic rings. The molecule has 0 bridgehead atoms. The number of amides is 1. The topological polar surface area (TPSA) is 20.3 Å². The Morgan fingerprint density at radius 3 is 2.38 bits per heavy atom. The first-order valence-electron chi connectivity index (χ1n) is 5.41. The highest BCUT2D eigenvalue weighted by Gasteiger charge is 2.44. The van der Waals surface area contributed by atoms with Crippen LogP contribution in [0.15, 0.2) is 0 Å². The van der Waals surface area contributed by atoms with Crippen molar-refractivity contribution in [3.63, 3.8) is 0 Å². The summed E-state index contributed by atoms with van der Waals surface area (Å²) in [5.74, 6) is 2.28. The number of carbonyl (C=O) groups excluding carboxylic acids is 1. The zero-order chi connectivity index (χ0) is 9.59. The van der Waals surface area contributed by atoms with E-state index >= 15 is 0 Å². The van der Waals surface area contributed by atoms with Gasteiger partial charge in [-0.1, -0.05) is 13.8 Å².